The molecule has 3 heterocycles. The molecule has 3 aromatic rings. The van der Waals surface area contributed by atoms with Crippen molar-refractivity contribution in [3.63, 3.8) is 0 Å². The molecule has 1 aromatic carbocycles. The fourth-order valence-corrected chi connectivity index (χ4v) is 4.91. The summed E-state index contributed by atoms with van der Waals surface area (Å²) in [7, 11) is 2.13. The smallest absolute Gasteiger partial charge is 0.263 e. The van der Waals surface area contributed by atoms with Gasteiger partial charge in [-0.15, -0.1) is 11.3 Å². The zero-order valence-corrected chi connectivity index (χ0v) is 16.8. The fraction of sp³-hybridized carbons (Fsp3) is 0.400. The number of rotatable bonds is 2. The summed E-state index contributed by atoms with van der Waals surface area (Å²) in [5, 5.41) is 3.52. The molecule has 0 aliphatic carbocycles. The maximum absolute atomic E-state index is 13.4. The molecule has 0 N–H and O–H groups in total. The summed E-state index contributed by atoms with van der Waals surface area (Å²) >= 11 is 7.71. The number of likely N-dealkylation sites (tertiary alicyclic amines) is 1. The molecule has 1 fully saturated rings. The van der Waals surface area contributed by atoms with Crippen molar-refractivity contribution in [3.05, 3.63) is 50.3 Å². The van der Waals surface area contributed by atoms with E-state index in [4.69, 9.17) is 16.6 Å². The number of halogens is 1. The molecule has 1 aliphatic heterocycles. The van der Waals surface area contributed by atoms with Crippen molar-refractivity contribution in [2.24, 2.45) is 0 Å². The maximum Gasteiger partial charge on any atom is 0.263 e. The molecule has 2 aromatic heterocycles. The summed E-state index contributed by atoms with van der Waals surface area (Å²) in [5.41, 5.74) is 3.09. The van der Waals surface area contributed by atoms with Crippen LogP contribution in [0.15, 0.2) is 28.4 Å². The number of fused-ring (bicyclic) bond motifs is 1. The lowest BCUT2D eigenvalue weighted by Gasteiger charge is -2.31. The Kier molecular flexibility index (Phi) is 4.63. The van der Waals surface area contributed by atoms with Crippen molar-refractivity contribution in [1.29, 1.82) is 0 Å². The zero-order valence-electron chi connectivity index (χ0n) is 15.3. The molecule has 0 saturated carbocycles. The van der Waals surface area contributed by atoms with Gasteiger partial charge in [-0.3, -0.25) is 9.36 Å². The van der Waals surface area contributed by atoms with Gasteiger partial charge in [-0.2, -0.15) is 0 Å². The van der Waals surface area contributed by atoms with E-state index in [2.05, 4.69) is 11.9 Å². The number of piperidine rings is 1. The van der Waals surface area contributed by atoms with Gasteiger partial charge in [0.2, 0.25) is 0 Å². The van der Waals surface area contributed by atoms with Crippen LogP contribution in [0.25, 0.3) is 21.3 Å². The second-order valence-corrected chi connectivity index (χ2v) is 8.43. The standard InChI is InChI=1S/C20H22ClN3OS/c1-12-10-14(4-5-17(12)21)16-11-26-19-18(16)20(25)24(13(2)22-19)15-6-8-23(3)9-7-15/h4-5,10-11,15H,6-9H2,1-3H3. The topological polar surface area (TPSA) is 38.1 Å². The summed E-state index contributed by atoms with van der Waals surface area (Å²) in [6, 6.07) is 6.15. The van der Waals surface area contributed by atoms with Crippen LogP contribution in [-0.4, -0.2) is 34.6 Å². The Balaban J connectivity index is 1.88. The van der Waals surface area contributed by atoms with Gasteiger partial charge >= 0.3 is 0 Å². The van der Waals surface area contributed by atoms with Gasteiger partial charge in [0, 0.05) is 22.0 Å². The Labute approximate surface area is 162 Å². The predicted molar refractivity (Wildman–Crippen MR) is 110 cm³/mol. The van der Waals surface area contributed by atoms with E-state index in [1.54, 1.807) is 0 Å². The quantitative estimate of drug-likeness (QED) is 0.641. The number of hydrogen-bond donors (Lipinski definition) is 0. The molecule has 0 radical (unpaired) electrons. The van der Waals surface area contributed by atoms with Gasteiger partial charge in [-0.25, -0.2) is 4.98 Å². The van der Waals surface area contributed by atoms with Crippen LogP contribution in [-0.2, 0) is 0 Å². The van der Waals surface area contributed by atoms with E-state index in [9.17, 15) is 4.79 Å². The van der Waals surface area contributed by atoms with Crippen LogP contribution >= 0.6 is 22.9 Å². The second kappa shape index (κ2) is 6.80. The molecule has 0 atom stereocenters. The first-order valence-electron chi connectivity index (χ1n) is 8.91. The Morgan fingerprint density at radius 1 is 1.23 bits per heavy atom. The normalized spacial score (nSPS) is 16.5. The fourth-order valence-electron chi connectivity index (χ4n) is 3.81. The van der Waals surface area contributed by atoms with E-state index in [-0.39, 0.29) is 11.6 Å². The number of aryl methyl sites for hydroxylation is 2. The molecular weight excluding hydrogens is 366 g/mol. The SMILES string of the molecule is Cc1cc(-c2csc3nc(C)n(C4CCN(C)CC4)c(=O)c23)ccc1Cl. The van der Waals surface area contributed by atoms with E-state index in [0.717, 1.165) is 63.7 Å². The highest BCUT2D eigenvalue weighted by Gasteiger charge is 2.23. The van der Waals surface area contributed by atoms with Gasteiger partial charge in [0.15, 0.2) is 0 Å². The van der Waals surface area contributed by atoms with Gasteiger partial charge in [-0.05, 0) is 70.1 Å². The lowest BCUT2D eigenvalue weighted by molar-refractivity contribution is 0.216. The molecule has 1 aliphatic rings. The molecule has 1 saturated heterocycles. The third-order valence-electron chi connectivity index (χ3n) is 5.34. The first kappa shape index (κ1) is 17.7. The van der Waals surface area contributed by atoms with Crippen molar-refractivity contribution >= 4 is 33.2 Å². The van der Waals surface area contributed by atoms with E-state index >= 15 is 0 Å². The van der Waals surface area contributed by atoms with E-state index in [0.29, 0.717) is 0 Å². The first-order chi connectivity index (χ1) is 12.5. The Morgan fingerprint density at radius 2 is 1.96 bits per heavy atom. The van der Waals surface area contributed by atoms with Crippen molar-refractivity contribution in [3.8, 4) is 11.1 Å². The van der Waals surface area contributed by atoms with Crippen LogP contribution in [0.5, 0.6) is 0 Å². The number of nitrogens with zero attached hydrogens (tertiary/aromatic N) is 3. The Morgan fingerprint density at radius 3 is 2.65 bits per heavy atom. The van der Waals surface area contributed by atoms with Crippen molar-refractivity contribution in [2.45, 2.75) is 32.7 Å². The van der Waals surface area contributed by atoms with Gasteiger partial charge in [-0.1, -0.05) is 17.7 Å². The molecule has 0 amide bonds. The second-order valence-electron chi connectivity index (χ2n) is 7.16. The third kappa shape index (κ3) is 2.98. The maximum atomic E-state index is 13.4. The molecule has 26 heavy (non-hydrogen) atoms. The minimum Gasteiger partial charge on any atom is -0.306 e. The molecule has 6 heteroatoms. The van der Waals surface area contributed by atoms with Crippen LogP contribution in [0, 0.1) is 13.8 Å². The van der Waals surface area contributed by atoms with Crippen molar-refractivity contribution < 1.29 is 0 Å². The number of benzene rings is 1. The molecule has 136 valence electrons. The third-order valence-corrected chi connectivity index (χ3v) is 6.63. The van der Waals surface area contributed by atoms with E-state index in [1.807, 2.05) is 42.0 Å². The Bertz CT molecular complexity index is 1030. The summed E-state index contributed by atoms with van der Waals surface area (Å²) in [4.78, 5) is 21.3. The summed E-state index contributed by atoms with van der Waals surface area (Å²) in [5.74, 6) is 0.817. The summed E-state index contributed by atoms with van der Waals surface area (Å²) in [6.07, 6.45) is 1.98. The monoisotopic (exact) mass is 387 g/mol. The van der Waals surface area contributed by atoms with Gasteiger partial charge < -0.3 is 4.90 Å². The van der Waals surface area contributed by atoms with Gasteiger partial charge in [0.1, 0.15) is 10.7 Å². The molecule has 0 spiro atoms. The average molecular weight is 388 g/mol. The van der Waals surface area contributed by atoms with Crippen molar-refractivity contribution in [2.75, 3.05) is 20.1 Å². The average Bonchev–Trinajstić information content (AvgIpc) is 3.03. The molecule has 4 rings (SSSR count). The van der Waals surface area contributed by atoms with Crippen LogP contribution in [0.4, 0.5) is 0 Å². The largest absolute Gasteiger partial charge is 0.306 e. The van der Waals surface area contributed by atoms with Crippen LogP contribution in [0.1, 0.15) is 30.3 Å². The molecule has 4 nitrogen and oxygen atoms in total. The first-order valence-corrected chi connectivity index (χ1v) is 10.2. The number of thiophene rings is 1. The van der Waals surface area contributed by atoms with Crippen LogP contribution in [0.2, 0.25) is 5.02 Å². The number of hydrogen-bond acceptors (Lipinski definition) is 4. The number of aromatic nitrogens is 2. The minimum absolute atomic E-state index is 0.0888. The van der Waals surface area contributed by atoms with Crippen LogP contribution < -0.4 is 5.56 Å². The van der Waals surface area contributed by atoms with Gasteiger partial charge in [0.05, 0.1) is 5.39 Å². The Hall–Kier alpha value is -1.69. The zero-order chi connectivity index (χ0) is 18.4. The molecule has 0 unspecified atom stereocenters. The van der Waals surface area contributed by atoms with E-state index in [1.165, 1.54) is 11.3 Å². The van der Waals surface area contributed by atoms with E-state index < -0.39 is 0 Å². The lowest BCUT2D eigenvalue weighted by Crippen LogP contribution is -2.36. The summed E-state index contributed by atoms with van der Waals surface area (Å²) in [6.45, 7) is 5.97. The highest BCUT2D eigenvalue weighted by Crippen LogP contribution is 2.33. The summed E-state index contributed by atoms with van der Waals surface area (Å²) < 4.78 is 1.92. The molecular formula is C20H22ClN3OS. The minimum atomic E-state index is 0.0888. The van der Waals surface area contributed by atoms with Crippen molar-refractivity contribution in [1.82, 2.24) is 14.5 Å². The molecule has 0 bridgehead atoms. The predicted octanol–water partition coefficient (Wildman–Crippen LogP) is 4.66. The highest BCUT2D eigenvalue weighted by atomic mass is 35.5. The highest BCUT2D eigenvalue weighted by molar-refractivity contribution is 7.17. The van der Waals surface area contributed by atoms with Crippen LogP contribution in [0.3, 0.4) is 0 Å². The lowest BCUT2D eigenvalue weighted by atomic mass is 10.0. The van der Waals surface area contributed by atoms with Gasteiger partial charge in [0.25, 0.3) is 5.56 Å².